The number of para-hydroxylation sites is 1. The van der Waals surface area contributed by atoms with E-state index in [0.29, 0.717) is 10.8 Å². The second-order valence-electron chi connectivity index (χ2n) is 7.84. The molecule has 0 aliphatic carbocycles. The van der Waals surface area contributed by atoms with E-state index in [1.807, 2.05) is 66.7 Å². The number of rotatable bonds is 7. The smallest absolute Gasteiger partial charge is 0.258 e. The summed E-state index contributed by atoms with van der Waals surface area (Å²) in [5.41, 5.74) is 2.21. The number of thiazole rings is 1. The van der Waals surface area contributed by atoms with Gasteiger partial charge in [0.1, 0.15) is 11.1 Å². The molecule has 0 aliphatic heterocycles. The molecule has 5 nitrogen and oxygen atoms in total. The summed E-state index contributed by atoms with van der Waals surface area (Å²) in [5.74, 6) is -1.28. The van der Waals surface area contributed by atoms with E-state index in [1.165, 1.54) is 41.3 Å². The quantitative estimate of drug-likeness (QED) is 0.227. The van der Waals surface area contributed by atoms with Crippen molar-refractivity contribution in [2.45, 2.75) is 10.1 Å². The van der Waals surface area contributed by atoms with Crippen LogP contribution in [0.25, 0.3) is 10.2 Å². The van der Waals surface area contributed by atoms with Gasteiger partial charge in [-0.2, -0.15) is 0 Å². The molecule has 2 N–H and O–H groups in total. The minimum absolute atomic E-state index is 0.0217. The normalized spacial score (nSPS) is 11.7. The van der Waals surface area contributed by atoms with E-state index in [9.17, 15) is 14.0 Å². The third kappa shape index (κ3) is 5.45. The lowest BCUT2D eigenvalue weighted by molar-refractivity contribution is -0.115. The molecule has 1 unspecified atom stereocenters. The van der Waals surface area contributed by atoms with Gasteiger partial charge in [-0.05, 0) is 54.1 Å². The number of aromatic nitrogens is 1. The van der Waals surface area contributed by atoms with E-state index >= 15 is 0 Å². The summed E-state index contributed by atoms with van der Waals surface area (Å²) in [6, 6.07) is 30.2. The second kappa shape index (κ2) is 10.7. The highest BCUT2D eigenvalue weighted by molar-refractivity contribution is 8.00. The number of hydrogen-bond donors (Lipinski definition) is 2. The Bertz CT molecular complexity index is 1490. The molecule has 0 aliphatic rings. The largest absolute Gasteiger partial charge is 0.322 e. The minimum Gasteiger partial charge on any atom is -0.322 e. The number of benzene rings is 4. The molecule has 0 spiro atoms. The first kappa shape index (κ1) is 23.7. The van der Waals surface area contributed by atoms with Gasteiger partial charge < -0.3 is 10.6 Å². The summed E-state index contributed by atoms with van der Waals surface area (Å²) in [5, 5.41) is 5.70. The molecule has 1 aromatic heterocycles. The zero-order valence-corrected chi connectivity index (χ0v) is 20.5. The molecule has 0 fully saturated rings. The van der Waals surface area contributed by atoms with Crippen LogP contribution in [0, 0.1) is 5.82 Å². The van der Waals surface area contributed by atoms with E-state index in [-0.39, 0.29) is 11.5 Å². The number of halogens is 1. The Morgan fingerprint density at radius 1 is 0.806 bits per heavy atom. The highest BCUT2D eigenvalue weighted by Gasteiger charge is 2.23. The molecule has 8 heteroatoms. The van der Waals surface area contributed by atoms with Crippen LogP contribution < -0.4 is 10.6 Å². The minimum atomic E-state index is -0.577. The van der Waals surface area contributed by atoms with Crippen LogP contribution in [0.2, 0.25) is 0 Å². The zero-order valence-electron chi connectivity index (χ0n) is 18.9. The van der Waals surface area contributed by atoms with Crippen LogP contribution in [-0.2, 0) is 4.79 Å². The van der Waals surface area contributed by atoms with Gasteiger partial charge in [0.15, 0.2) is 5.13 Å². The van der Waals surface area contributed by atoms with Crippen molar-refractivity contribution < 1.29 is 14.0 Å². The van der Waals surface area contributed by atoms with Crippen molar-refractivity contribution in [1.82, 2.24) is 4.98 Å². The van der Waals surface area contributed by atoms with Gasteiger partial charge in [-0.1, -0.05) is 65.9 Å². The molecule has 36 heavy (non-hydrogen) atoms. The average Bonchev–Trinajstić information content (AvgIpc) is 3.31. The Hall–Kier alpha value is -4.01. The van der Waals surface area contributed by atoms with Gasteiger partial charge in [0.05, 0.1) is 15.8 Å². The first-order valence-corrected chi connectivity index (χ1v) is 12.8. The third-order valence-corrected chi connectivity index (χ3v) is 7.57. The summed E-state index contributed by atoms with van der Waals surface area (Å²) in [6.45, 7) is 0. The van der Waals surface area contributed by atoms with Crippen LogP contribution in [-0.4, -0.2) is 16.8 Å². The third-order valence-electron chi connectivity index (χ3n) is 5.35. The van der Waals surface area contributed by atoms with Crippen molar-refractivity contribution in [3.63, 3.8) is 0 Å². The number of fused-ring (bicyclic) bond motifs is 1. The SMILES string of the molecule is O=C(Nc1ccc(SC(C(=O)Nc2nc3ccccc3s2)c2ccccc2)cc1)c1ccccc1F. The second-order valence-corrected chi connectivity index (χ2v) is 10.1. The summed E-state index contributed by atoms with van der Waals surface area (Å²) < 4.78 is 14.9. The van der Waals surface area contributed by atoms with E-state index in [0.717, 1.165) is 20.7 Å². The van der Waals surface area contributed by atoms with Crippen molar-refractivity contribution in [2.24, 2.45) is 0 Å². The number of carbonyl (C=O) groups is 2. The number of amides is 2. The van der Waals surface area contributed by atoms with Gasteiger partial charge in [-0.25, -0.2) is 9.37 Å². The molecular weight excluding hydrogens is 493 g/mol. The maximum atomic E-state index is 13.9. The molecule has 0 bridgehead atoms. The summed E-state index contributed by atoms with van der Waals surface area (Å²) in [7, 11) is 0. The van der Waals surface area contributed by atoms with Crippen molar-refractivity contribution in [2.75, 3.05) is 10.6 Å². The van der Waals surface area contributed by atoms with E-state index < -0.39 is 17.0 Å². The predicted octanol–water partition coefficient (Wildman–Crippen LogP) is 7.16. The fourth-order valence-electron chi connectivity index (χ4n) is 3.59. The van der Waals surface area contributed by atoms with Crippen molar-refractivity contribution in [1.29, 1.82) is 0 Å². The molecule has 0 saturated carbocycles. The Kier molecular flexibility index (Phi) is 7.06. The van der Waals surface area contributed by atoms with E-state index in [4.69, 9.17) is 0 Å². The van der Waals surface area contributed by atoms with Crippen molar-refractivity contribution >= 4 is 55.9 Å². The average molecular weight is 514 g/mol. The maximum Gasteiger partial charge on any atom is 0.258 e. The molecule has 0 saturated heterocycles. The predicted molar refractivity (Wildman–Crippen MR) is 144 cm³/mol. The first-order valence-electron chi connectivity index (χ1n) is 11.1. The maximum absolute atomic E-state index is 13.9. The fourth-order valence-corrected chi connectivity index (χ4v) is 5.49. The van der Waals surface area contributed by atoms with Crippen LogP contribution in [0.5, 0.6) is 0 Å². The number of thioether (sulfide) groups is 1. The van der Waals surface area contributed by atoms with Gasteiger partial charge in [-0.3, -0.25) is 9.59 Å². The highest BCUT2D eigenvalue weighted by atomic mass is 32.2. The Labute approximate surface area is 215 Å². The summed E-state index contributed by atoms with van der Waals surface area (Å²) >= 11 is 2.83. The van der Waals surface area contributed by atoms with Crippen LogP contribution >= 0.6 is 23.1 Å². The number of carbonyl (C=O) groups excluding carboxylic acids is 2. The van der Waals surface area contributed by atoms with E-state index in [1.54, 1.807) is 18.2 Å². The number of anilines is 2. The number of hydrogen-bond acceptors (Lipinski definition) is 5. The summed E-state index contributed by atoms with van der Waals surface area (Å²) in [6.07, 6.45) is 0. The van der Waals surface area contributed by atoms with Crippen LogP contribution in [0.3, 0.4) is 0 Å². The number of nitrogens with zero attached hydrogens (tertiary/aromatic N) is 1. The lowest BCUT2D eigenvalue weighted by Gasteiger charge is -2.16. The van der Waals surface area contributed by atoms with Gasteiger partial charge in [-0.15, -0.1) is 11.8 Å². The monoisotopic (exact) mass is 513 g/mol. The Morgan fingerprint density at radius 2 is 1.50 bits per heavy atom. The van der Waals surface area contributed by atoms with Crippen molar-refractivity contribution in [3.8, 4) is 0 Å². The lowest BCUT2D eigenvalue weighted by Crippen LogP contribution is -2.18. The number of nitrogens with one attached hydrogen (secondary N) is 2. The first-order chi connectivity index (χ1) is 17.6. The van der Waals surface area contributed by atoms with Gasteiger partial charge in [0.2, 0.25) is 5.91 Å². The van der Waals surface area contributed by atoms with Gasteiger partial charge >= 0.3 is 0 Å². The molecule has 1 heterocycles. The van der Waals surface area contributed by atoms with Crippen molar-refractivity contribution in [3.05, 3.63) is 120 Å². The lowest BCUT2D eigenvalue weighted by atomic mass is 10.1. The van der Waals surface area contributed by atoms with E-state index in [2.05, 4.69) is 15.6 Å². The topological polar surface area (TPSA) is 71.1 Å². The zero-order chi connectivity index (χ0) is 24.9. The molecule has 0 radical (unpaired) electrons. The van der Waals surface area contributed by atoms with Gasteiger partial charge in [0.25, 0.3) is 5.91 Å². The fraction of sp³-hybridized carbons (Fsp3) is 0.0357. The molecular formula is C28H20FN3O2S2. The Morgan fingerprint density at radius 3 is 2.25 bits per heavy atom. The van der Waals surface area contributed by atoms with Crippen LogP contribution in [0.1, 0.15) is 21.2 Å². The molecule has 178 valence electrons. The van der Waals surface area contributed by atoms with Gasteiger partial charge in [0, 0.05) is 10.6 Å². The van der Waals surface area contributed by atoms with Crippen LogP contribution in [0.4, 0.5) is 15.2 Å². The van der Waals surface area contributed by atoms with Crippen LogP contribution in [0.15, 0.2) is 108 Å². The molecule has 1 atom stereocenters. The highest BCUT2D eigenvalue weighted by Crippen LogP contribution is 2.37. The molecule has 5 aromatic rings. The summed E-state index contributed by atoms with van der Waals surface area (Å²) in [4.78, 5) is 31.1. The standard InChI is InChI=1S/C28H20FN3O2S2/c29-22-11-5-4-10-21(22)26(33)30-19-14-16-20(17-15-19)35-25(18-8-2-1-3-9-18)27(34)32-28-31-23-12-6-7-13-24(23)36-28/h1-17,25H,(H,30,33)(H,31,32,34). The molecule has 4 aromatic carbocycles. The molecule has 2 amide bonds. The Balaban J connectivity index is 1.32. The molecule has 5 rings (SSSR count).